The predicted octanol–water partition coefficient (Wildman–Crippen LogP) is 2.22. The van der Waals surface area contributed by atoms with Gasteiger partial charge < -0.3 is 4.57 Å². The molecule has 1 saturated heterocycles. The first-order valence-corrected chi connectivity index (χ1v) is 9.81. The summed E-state index contributed by atoms with van der Waals surface area (Å²) in [6.45, 7) is 1.16. The van der Waals surface area contributed by atoms with E-state index in [1.807, 2.05) is 48.1 Å². The minimum atomic E-state index is -3.57. The number of rotatable bonds is 5. The second-order valence-corrected chi connectivity index (χ2v) is 7.88. The van der Waals surface area contributed by atoms with Gasteiger partial charge in [-0.25, -0.2) is 4.98 Å². The lowest BCUT2D eigenvalue weighted by molar-refractivity contribution is 0.409. The SMILES string of the molecule is Cn1ccnc1[C@@H](NS(=O)(=O)N1CCCCCC1)c1ccccc1. The maximum Gasteiger partial charge on any atom is 0.280 e. The summed E-state index contributed by atoms with van der Waals surface area (Å²) in [5, 5.41) is 0. The molecule has 0 aliphatic carbocycles. The van der Waals surface area contributed by atoms with Crippen molar-refractivity contribution in [3.63, 3.8) is 0 Å². The molecule has 1 aliphatic rings. The van der Waals surface area contributed by atoms with Gasteiger partial charge in [-0.15, -0.1) is 0 Å². The van der Waals surface area contributed by atoms with Gasteiger partial charge in [0.05, 0.1) is 0 Å². The molecule has 7 heteroatoms. The molecule has 2 heterocycles. The molecule has 2 aromatic rings. The first kappa shape index (κ1) is 17.1. The van der Waals surface area contributed by atoms with Gasteiger partial charge in [0.2, 0.25) is 0 Å². The Bertz CT molecular complexity index is 750. The quantitative estimate of drug-likeness (QED) is 0.901. The summed E-state index contributed by atoms with van der Waals surface area (Å²) in [5.74, 6) is 0.680. The normalized spacial score (nSPS) is 18.2. The molecular weight excluding hydrogens is 324 g/mol. The molecule has 1 aromatic heterocycles. The minimum absolute atomic E-state index is 0.501. The maximum atomic E-state index is 12.9. The van der Waals surface area contributed by atoms with Crippen LogP contribution >= 0.6 is 0 Å². The predicted molar refractivity (Wildman–Crippen MR) is 93.6 cm³/mol. The molecule has 0 radical (unpaired) electrons. The summed E-state index contributed by atoms with van der Waals surface area (Å²) in [7, 11) is -1.69. The molecule has 0 bridgehead atoms. The van der Waals surface area contributed by atoms with Crippen LogP contribution in [-0.4, -0.2) is 35.4 Å². The Labute approximate surface area is 143 Å². The molecule has 130 valence electrons. The van der Waals surface area contributed by atoms with Gasteiger partial charge in [-0.2, -0.15) is 17.4 Å². The fourth-order valence-electron chi connectivity index (χ4n) is 3.08. The topological polar surface area (TPSA) is 67.2 Å². The zero-order chi connectivity index (χ0) is 17.0. The summed E-state index contributed by atoms with van der Waals surface area (Å²) in [6, 6.07) is 9.08. The number of nitrogens with zero attached hydrogens (tertiary/aromatic N) is 3. The summed E-state index contributed by atoms with van der Waals surface area (Å²) >= 11 is 0. The van der Waals surface area contributed by atoms with Crippen molar-refractivity contribution in [2.75, 3.05) is 13.1 Å². The Morgan fingerprint density at radius 2 is 1.75 bits per heavy atom. The molecule has 0 amide bonds. The van der Waals surface area contributed by atoms with Crippen molar-refractivity contribution >= 4 is 10.2 Å². The van der Waals surface area contributed by atoms with E-state index in [9.17, 15) is 8.42 Å². The highest BCUT2D eigenvalue weighted by Gasteiger charge is 2.29. The van der Waals surface area contributed by atoms with Crippen LogP contribution in [0.15, 0.2) is 42.7 Å². The van der Waals surface area contributed by atoms with Crippen molar-refractivity contribution in [2.45, 2.75) is 31.7 Å². The molecule has 1 aromatic carbocycles. The van der Waals surface area contributed by atoms with Crippen LogP contribution in [-0.2, 0) is 17.3 Å². The summed E-state index contributed by atoms with van der Waals surface area (Å²) in [5.41, 5.74) is 0.880. The van der Waals surface area contributed by atoms with Crippen LogP contribution in [0.5, 0.6) is 0 Å². The molecule has 6 nitrogen and oxygen atoms in total. The number of imidazole rings is 1. The second-order valence-electron chi connectivity index (χ2n) is 6.18. The van der Waals surface area contributed by atoms with E-state index in [0.29, 0.717) is 18.9 Å². The van der Waals surface area contributed by atoms with Crippen LogP contribution in [0.1, 0.15) is 43.1 Å². The van der Waals surface area contributed by atoms with Crippen molar-refractivity contribution in [1.29, 1.82) is 0 Å². The van der Waals surface area contributed by atoms with Gasteiger partial charge in [-0.3, -0.25) is 0 Å². The van der Waals surface area contributed by atoms with Gasteiger partial charge in [-0.05, 0) is 18.4 Å². The Morgan fingerprint density at radius 3 is 2.33 bits per heavy atom. The lowest BCUT2D eigenvalue weighted by Gasteiger charge is -2.25. The van der Waals surface area contributed by atoms with E-state index >= 15 is 0 Å². The molecule has 24 heavy (non-hydrogen) atoms. The summed E-state index contributed by atoms with van der Waals surface area (Å²) < 4.78 is 32.1. The summed E-state index contributed by atoms with van der Waals surface area (Å²) in [4.78, 5) is 4.36. The molecule has 1 aliphatic heterocycles. The number of aromatic nitrogens is 2. The van der Waals surface area contributed by atoms with E-state index in [1.54, 1.807) is 10.5 Å². The van der Waals surface area contributed by atoms with Crippen molar-refractivity contribution in [3.8, 4) is 0 Å². The zero-order valence-electron chi connectivity index (χ0n) is 13.9. The average Bonchev–Trinajstić information content (AvgIpc) is 2.84. The Hall–Kier alpha value is -1.70. The highest BCUT2D eigenvalue weighted by Crippen LogP contribution is 2.23. The lowest BCUT2D eigenvalue weighted by Crippen LogP contribution is -2.43. The van der Waals surface area contributed by atoms with E-state index in [-0.39, 0.29) is 0 Å². The third-order valence-corrected chi connectivity index (χ3v) is 6.00. The molecule has 1 atom stereocenters. The zero-order valence-corrected chi connectivity index (χ0v) is 14.7. The number of benzene rings is 1. The third kappa shape index (κ3) is 3.85. The van der Waals surface area contributed by atoms with Crippen molar-refractivity contribution in [3.05, 3.63) is 54.1 Å². The highest BCUT2D eigenvalue weighted by molar-refractivity contribution is 7.87. The Balaban J connectivity index is 1.90. The largest absolute Gasteiger partial charge is 0.336 e. The molecular formula is C17H24N4O2S. The molecule has 0 saturated carbocycles. The monoisotopic (exact) mass is 348 g/mol. The van der Waals surface area contributed by atoms with Crippen molar-refractivity contribution < 1.29 is 8.42 Å². The van der Waals surface area contributed by atoms with Crippen molar-refractivity contribution in [1.82, 2.24) is 18.6 Å². The molecule has 3 rings (SSSR count). The summed E-state index contributed by atoms with van der Waals surface area (Å²) in [6.07, 6.45) is 7.52. The number of hydrogen-bond donors (Lipinski definition) is 1. The van der Waals surface area contributed by atoms with Gasteiger partial charge in [0.1, 0.15) is 11.9 Å². The minimum Gasteiger partial charge on any atom is -0.336 e. The highest BCUT2D eigenvalue weighted by atomic mass is 32.2. The molecule has 0 spiro atoms. The van der Waals surface area contributed by atoms with Crippen LogP contribution in [0, 0.1) is 0 Å². The second kappa shape index (κ2) is 7.46. The van der Waals surface area contributed by atoms with Gasteiger partial charge in [-0.1, -0.05) is 43.2 Å². The molecule has 1 fully saturated rings. The van der Waals surface area contributed by atoms with E-state index in [2.05, 4.69) is 9.71 Å². The number of hydrogen-bond acceptors (Lipinski definition) is 3. The van der Waals surface area contributed by atoms with Gasteiger partial charge in [0, 0.05) is 32.5 Å². The van der Waals surface area contributed by atoms with Crippen LogP contribution < -0.4 is 4.72 Å². The van der Waals surface area contributed by atoms with Gasteiger partial charge >= 0.3 is 0 Å². The molecule has 1 N–H and O–H groups in total. The Morgan fingerprint density at radius 1 is 1.08 bits per heavy atom. The van der Waals surface area contributed by atoms with Crippen LogP contribution in [0.2, 0.25) is 0 Å². The van der Waals surface area contributed by atoms with Crippen LogP contribution in [0.3, 0.4) is 0 Å². The number of aryl methyl sites for hydroxylation is 1. The first-order chi connectivity index (χ1) is 11.6. The van der Waals surface area contributed by atoms with E-state index in [0.717, 1.165) is 31.2 Å². The average molecular weight is 348 g/mol. The van der Waals surface area contributed by atoms with Crippen LogP contribution in [0.25, 0.3) is 0 Å². The van der Waals surface area contributed by atoms with Crippen molar-refractivity contribution in [2.24, 2.45) is 7.05 Å². The van der Waals surface area contributed by atoms with Gasteiger partial charge in [0.25, 0.3) is 10.2 Å². The van der Waals surface area contributed by atoms with Gasteiger partial charge in [0.15, 0.2) is 0 Å². The van der Waals surface area contributed by atoms with E-state index in [4.69, 9.17) is 0 Å². The lowest BCUT2D eigenvalue weighted by atomic mass is 10.1. The standard InChI is InChI=1S/C17H24N4O2S/c1-20-14-11-18-17(20)16(15-9-5-4-6-10-15)19-24(22,23)21-12-7-2-3-8-13-21/h4-6,9-11,14,16,19H,2-3,7-8,12-13H2,1H3/t16-/m0/s1. The fourth-order valence-corrected chi connectivity index (χ4v) is 4.50. The van der Waals surface area contributed by atoms with E-state index in [1.165, 1.54) is 0 Å². The number of nitrogens with one attached hydrogen (secondary N) is 1. The van der Waals surface area contributed by atoms with E-state index < -0.39 is 16.3 Å². The smallest absolute Gasteiger partial charge is 0.280 e. The third-order valence-electron chi connectivity index (χ3n) is 4.42. The molecule has 0 unspecified atom stereocenters. The Kier molecular flexibility index (Phi) is 5.33. The fraction of sp³-hybridized carbons (Fsp3) is 0.471. The maximum absolute atomic E-state index is 12.9. The van der Waals surface area contributed by atoms with Crippen LogP contribution in [0.4, 0.5) is 0 Å². The first-order valence-electron chi connectivity index (χ1n) is 8.37.